The number of aromatic nitrogens is 14. The Bertz CT molecular complexity index is 5820. The van der Waals surface area contributed by atoms with Gasteiger partial charge in [0.1, 0.15) is 16.9 Å². The molecule has 0 saturated carbocycles. The highest BCUT2D eigenvalue weighted by atomic mass is 19.3. The fourth-order valence-electron chi connectivity index (χ4n) is 15.0. The highest BCUT2D eigenvalue weighted by molar-refractivity contribution is 6.14. The first-order chi connectivity index (χ1) is 64.9. The van der Waals surface area contributed by atoms with Gasteiger partial charge in [0.25, 0.3) is 12.3 Å². The maximum absolute atomic E-state index is 14.8. The van der Waals surface area contributed by atoms with Gasteiger partial charge in [-0.15, -0.1) is 6.58 Å². The van der Waals surface area contributed by atoms with Crippen LogP contribution in [0.25, 0.3) is 67.8 Å². The van der Waals surface area contributed by atoms with E-state index in [-0.39, 0.29) is 22.1 Å². The van der Waals surface area contributed by atoms with Crippen LogP contribution in [0.3, 0.4) is 0 Å². The lowest BCUT2D eigenvalue weighted by Gasteiger charge is -2.22. The van der Waals surface area contributed by atoms with E-state index in [1.807, 2.05) is 101 Å². The van der Waals surface area contributed by atoms with Crippen molar-refractivity contribution in [1.29, 1.82) is 16.2 Å². The summed E-state index contributed by atoms with van der Waals surface area (Å²) < 4.78 is 57.0. The maximum Gasteiger partial charge on any atom is 0.282 e. The number of nitrogens with zero attached hydrogens (tertiary/aromatic N) is 12. The quantitative estimate of drug-likeness (QED) is 0.00325. The molecule has 1 amide bonds. The van der Waals surface area contributed by atoms with Gasteiger partial charge in [0.15, 0.2) is 5.82 Å². The number of carbonyl (C=O) groups is 1. The fourth-order valence-corrected chi connectivity index (χ4v) is 15.0. The standard InChI is InChI=1S/C28H38N6O.C19H24F3N5.C18H16FN5.C15H23N5.C12H20N2.C8H11N3.C3H8.FH/c1-5-34(16-15-31-4)18-20(19(2)3)9-8-14-32-28(35)27-22-11-7-6-10-21(22)26-23(17-29)24(30)12-13-25(26)33-27;1-3-4-5-13(6-7-14-12-27(2)26-18(14)19(21)22)15(10-23)16-11-24-25-17(16)8-9-20;1-9-12(7-20-23-9)17-11-5-3-2-4-10(11)16-13-8-21-24-15(13)6-14(19)18(16)22-17;1-4-8-15(14(12-16)13(3)17)18-10-6-7-11-20-19-9-5-2;1-4-5-6-7-8-9-12-10-14(3)13-11(12)2;1-2-3-8-7(4-5-9)6-10-11-8;1-3-2;/h8-9,12-14,17,29,31H,2,5-7,10-11,15-16,18,30H2,1,3-4H3,(H,32,35);6,8-12,19H,3-5,7,23H2,1-2H3,(H,24,25);6-8H,2-5H2,1H3,(H,20,23)(H,21,24);4-6,8,10-12,16-19H,2,7,9H2,1,3H3;7-8,10H,4-6,9H2,1-3H3;2-6H,9H2,1H3,(H,10,11);3H2,1-2H3;1H/b14-8+,20-9-,29-17?;9-8+,13-6-,15-10+;;8-4+,10-6+,15-14?,16-12?,17-13?,20-11-;8-7+;3-2+,5-4+;;. The molecule has 724 valence electrons. The van der Waals surface area contributed by atoms with Crippen molar-refractivity contribution in [2.45, 2.75) is 198 Å². The number of unbranched alkanes of at least 4 members (excludes halogenated alkanes) is 3. The minimum absolute atomic E-state index is 0. The molecule has 0 atom stereocenters. The predicted octanol–water partition coefficient (Wildman–Crippen LogP) is 21.2. The molecule has 32 heteroatoms. The maximum atomic E-state index is 14.8. The van der Waals surface area contributed by atoms with E-state index in [0.717, 1.165) is 186 Å². The Morgan fingerprint density at radius 2 is 1.47 bits per heavy atom. The number of halogens is 5. The van der Waals surface area contributed by atoms with Crippen LogP contribution >= 0.6 is 0 Å². The summed E-state index contributed by atoms with van der Waals surface area (Å²) in [6.45, 7) is 34.2. The Labute approximate surface area is 792 Å². The first-order valence-electron chi connectivity index (χ1n) is 45.9. The van der Waals surface area contributed by atoms with Crippen LogP contribution in [0.2, 0.25) is 0 Å². The Morgan fingerprint density at radius 3 is 2.08 bits per heavy atom. The molecule has 10 aromatic rings. The number of aromatic amines is 4. The largest absolute Gasteiger partial charge is 0.405 e. The molecule has 2 aliphatic rings. The lowest BCUT2D eigenvalue weighted by Crippen LogP contribution is -2.32. The van der Waals surface area contributed by atoms with Crippen molar-refractivity contribution in [3.63, 3.8) is 0 Å². The number of fused-ring (bicyclic) bond motifs is 8. The molecule has 2 aromatic carbocycles. The van der Waals surface area contributed by atoms with Gasteiger partial charge < -0.3 is 54.8 Å². The monoisotopic (exact) mass is 1850 g/mol. The Balaban J connectivity index is 0.000000293. The van der Waals surface area contributed by atoms with E-state index in [1.165, 1.54) is 84.0 Å². The molecule has 0 spiro atoms. The molecule has 0 fully saturated rings. The molecule has 12 rings (SSSR count). The smallest absolute Gasteiger partial charge is 0.282 e. The van der Waals surface area contributed by atoms with Crippen molar-refractivity contribution in [1.82, 2.24) is 96.6 Å². The topological polar surface area (TPSA) is 407 Å². The fraction of sp³-hybridized carbons (Fsp3) is 0.369. The summed E-state index contributed by atoms with van der Waals surface area (Å²) in [4.78, 5) is 25.0. The molecule has 2 aliphatic carbocycles. The summed E-state index contributed by atoms with van der Waals surface area (Å²) in [5.41, 5.74) is 42.2. The summed E-state index contributed by atoms with van der Waals surface area (Å²) in [6, 6.07) is 5.08. The van der Waals surface area contributed by atoms with Gasteiger partial charge in [0.05, 0.1) is 71.5 Å². The molecule has 0 saturated heterocycles. The number of aryl methyl sites for hydroxylation is 6. The third-order valence-corrected chi connectivity index (χ3v) is 21.7. The molecular weight excluding hydrogens is 1710 g/mol. The molecule has 17 N–H and O–H groups in total. The Kier molecular flexibility index (Phi) is 50.5. The van der Waals surface area contributed by atoms with Crippen molar-refractivity contribution < 1.29 is 27.1 Å². The summed E-state index contributed by atoms with van der Waals surface area (Å²) in [7, 11) is 5.54. The van der Waals surface area contributed by atoms with E-state index < -0.39 is 6.43 Å². The van der Waals surface area contributed by atoms with Crippen LogP contribution < -0.4 is 38.6 Å². The summed E-state index contributed by atoms with van der Waals surface area (Å²) in [5, 5.41) is 74.3. The van der Waals surface area contributed by atoms with Crippen LogP contribution in [0.5, 0.6) is 0 Å². The van der Waals surface area contributed by atoms with Crippen molar-refractivity contribution in [3.8, 4) is 11.3 Å². The Hall–Kier alpha value is -13.9. The van der Waals surface area contributed by atoms with Crippen LogP contribution in [-0.2, 0) is 52.6 Å². The first-order valence-corrected chi connectivity index (χ1v) is 45.9. The number of nitrogens with two attached hydrogens (primary N) is 3. The second-order valence-electron chi connectivity index (χ2n) is 32.0. The molecule has 0 unspecified atom stereocenters. The molecule has 27 nitrogen and oxygen atoms in total. The number of allylic oxidation sites excluding steroid dienone is 12. The number of alkyl halides is 2. The number of hydrogen-bond acceptors (Lipinski definition) is 20. The van der Waals surface area contributed by atoms with Crippen molar-refractivity contribution >= 4 is 92.5 Å². The van der Waals surface area contributed by atoms with Gasteiger partial charge in [-0.3, -0.25) is 44.2 Å². The summed E-state index contributed by atoms with van der Waals surface area (Å²) in [6.07, 6.45) is 61.0. The number of hydrogen-bond donors (Lipinski definition) is 14. The van der Waals surface area contributed by atoms with Crippen LogP contribution in [0, 0.1) is 35.9 Å². The van der Waals surface area contributed by atoms with Gasteiger partial charge in [-0.1, -0.05) is 121 Å². The Morgan fingerprint density at radius 1 is 0.785 bits per heavy atom. The third kappa shape index (κ3) is 34.0. The normalized spacial score (nSPS) is 13.0. The number of hydrazone groups is 1. The van der Waals surface area contributed by atoms with E-state index in [2.05, 4.69) is 155 Å². The van der Waals surface area contributed by atoms with Crippen molar-refractivity contribution in [2.75, 3.05) is 45.5 Å². The van der Waals surface area contributed by atoms with E-state index >= 15 is 0 Å². The third-order valence-electron chi connectivity index (χ3n) is 21.7. The number of nitrogen functional groups attached to an aromatic ring is 1. The second kappa shape index (κ2) is 61.0. The van der Waals surface area contributed by atoms with E-state index in [9.17, 15) is 22.4 Å². The zero-order chi connectivity index (χ0) is 97.9. The lowest BCUT2D eigenvalue weighted by molar-refractivity contribution is 0.0964. The molecule has 8 heterocycles. The second-order valence-corrected chi connectivity index (χ2v) is 32.0. The van der Waals surface area contributed by atoms with Crippen molar-refractivity contribution in [2.24, 2.45) is 30.7 Å². The summed E-state index contributed by atoms with van der Waals surface area (Å²) >= 11 is 0. The zero-order valence-corrected chi connectivity index (χ0v) is 81.0. The SMILES string of the molecule is C/C=C/c1[nH]ncc1/C=C/N.C=C(C)/C(=C\C=C\NC(=O)c1nc2ccc(N)c(C=N)c2c2c1CCCC2)CN(CC)CCNC.C=CCN/N=C\C/C=C/NC(/C=C/C)=C(C=N)C(C)=N.CCC.CCCC/C=C/Cc1cn(C)nc1C.CCCCC(=C/Cc1cn(C)nc1C(F)F)/C(=C\N)c1cn[nH]c1/C=C/F.Cc1[nH]ncc1-c1nc2c(F)cc3[nH]ncc3c2c2c1CCCC2.F. The number of pyridine rings is 2. The van der Waals surface area contributed by atoms with E-state index in [0.29, 0.717) is 93.8 Å². The number of rotatable bonds is 38. The molecule has 8 aromatic heterocycles. The predicted molar refractivity (Wildman–Crippen MR) is 550 cm³/mol. The van der Waals surface area contributed by atoms with Crippen LogP contribution in [0.15, 0.2) is 194 Å². The molecule has 135 heavy (non-hydrogen) atoms. The minimum atomic E-state index is -2.63. The number of nitrogens with one attached hydrogen (secondary N) is 11. The van der Waals surface area contributed by atoms with Gasteiger partial charge in [-0.25, -0.2) is 27.5 Å². The van der Waals surface area contributed by atoms with Gasteiger partial charge in [-0.05, 0) is 232 Å². The minimum Gasteiger partial charge on any atom is -0.405 e. The van der Waals surface area contributed by atoms with Gasteiger partial charge in [0, 0.05) is 168 Å². The highest BCUT2D eigenvalue weighted by Crippen LogP contribution is 2.40. The molecule has 0 radical (unpaired) electrons. The first kappa shape index (κ1) is 112. The van der Waals surface area contributed by atoms with Crippen LogP contribution in [-0.4, -0.2) is 145 Å². The molecule has 0 bridgehead atoms. The lowest BCUT2D eigenvalue weighted by atomic mass is 9.85. The van der Waals surface area contributed by atoms with E-state index in [1.54, 1.807) is 81.8 Å². The number of amides is 1. The van der Waals surface area contributed by atoms with Gasteiger partial charge >= 0.3 is 0 Å². The molecule has 0 aliphatic heterocycles. The van der Waals surface area contributed by atoms with Crippen molar-refractivity contribution in [3.05, 3.63) is 278 Å². The number of H-pyrrole nitrogens is 4. The number of carbonyl (C=O) groups excluding carboxylic acids is 1. The van der Waals surface area contributed by atoms with Crippen LogP contribution in [0.4, 0.5) is 28.0 Å². The molecular formula is C103H141F5N26O. The number of likely N-dealkylation sites (N-methyl/N-ethyl adjacent to an activating group) is 2. The van der Waals surface area contributed by atoms with E-state index in [4.69, 9.17) is 43.4 Å². The van der Waals surface area contributed by atoms with Crippen LogP contribution in [0.1, 0.15) is 235 Å². The number of anilines is 1. The number of benzene rings is 2. The average Bonchev–Trinajstić information content (AvgIpc) is 1.55. The summed E-state index contributed by atoms with van der Waals surface area (Å²) in [5.74, 6) is -0.526. The zero-order valence-electron chi connectivity index (χ0n) is 81.0. The average molecular weight is 1850 g/mol. The van der Waals surface area contributed by atoms with Gasteiger partial charge in [0.2, 0.25) is 0 Å². The van der Waals surface area contributed by atoms with Gasteiger partial charge in [-0.2, -0.15) is 35.7 Å². The highest BCUT2D eigenvalue weighted by Gasteiger charge is 2.27.